The zero-order valence-electron chi connectivity index (χ0n) is 9.46. The van der Waals surface area contributed by atoms with Crippen LogP contribution in [-0.2, 0) is 6.42 Å². The molecule has 0 aliphatic heterocycles. The predicted molar refractivity (Wildman–Crippen MR) is 66.3 cm³/mol. The van der Waals surface area contributed by atoms with Crippen LogP contribution in [0.2, 0.25) is 0 Å². The van der Waals surface area contributed by atoms with Gasteiger partial charge in [-0.25, -0.2) is 4.39 Å². The highest BCUT2D eigenvalue weighted by atomic mass is 35.5. The van der Waals surface area contributed by atoms with Crippen molar-refractivity contribution in [3.05, 3.63) is 35.6 Å². The van der Waals surface area contributed by atoms with E-state index in [0.29, 0.717) is 11.3 Å². The average Bonchev–Trinajstić information content (AvgIpc) is 2.43. The molecule has 1 aromatic rings. The first-order valence-corrected chi connectivity index (χ1v) is 6.56. The van der Waals surface area contributed by atoms with Gasteiger partial charge in [0.05, 0.1) is 0 Å². The van der Waals surface area contributed by atoms with Crippen LogP contribution in [0.3, 0.4) is 0 Å². The predicted octanol–water partition coefficient (Wildman–Crippen LogP) is 4.56. The maximum atomic E-state index is 13.1. The second kappa shape index (κ2) is 5.67. The maximum absolute atomic E-state index is 13.1. The van der Waals surface area contributed by atoms with Crippen molar-refractivity contribution in [2.24, 2.45) is 5.92 Å². The minimum Gasteiger partial charge on any atom is -0.207 e. The highest BCUT2D eigenvalue weighted by Gasteiger charge is 2.18. The third-order valence-electron chi connectivity index (χ3n) is 3.38. The summed E-state index contributed by atoms with van der Waals surface area (Å²) in [5.74, 6) is 0.500. The van der Waals surface area contributed by atoms with E-state index in [9.17, 15) is 4.39 Å². The smallest absolute Gasteiger partial charge is 0.123 e. The summed E-state index contributed by atoms with van der Waals surface area (Å²) < 4.78 is 13.1. The minimum absolute atomic E-state index is 0.131. The van der Waals surface area contributed by atoms with Crippen LogP contribution in [0.5, 0.6) is 0 Å². The lowest BCUT2D eigenvalue weighted by molar-refractivity contribution is 0.459. The Kier molecular flexibility index (Phi) is 4.22. The number of rotatable bonds is 2. The molecule has 0 aromatic heterocycles. The van der Waals surface area contributed by atoms with Crippen LogP contribution in [0.15, 0.2) is 24.3 Å². The van der Waals surface area contributed by atoms with Crippen molar-refractivity contribution in [3.63, 3.8) is 0 Å². The second-order valence-corrected chi connectivity index (χ2v) is 5.43. The van der Waals surface area contributed by atoms with E-state index in [1.54, 1.807) is 12.1 Å². The molecule has 0 amide bonds. The van der Waals surface area contributed by atoms with Gasteiger partial charge in [-0.1, -0.05) is 31.4 Å². The van der Waals surface area contributed by atoms with Crippen molar-refractivity contribution in [1.29, 1.82) is 0 Å². The van der Waals surface area contributed by atoms with Crippen molar-refractivity contribution in [1.82, 2.24) is 0 Å². The summed E-state index contributed by atoms with van der Waals surface area (Å²) in [6.07, 6.45) is 6.94. The van der Waals surface area contributed by atoms with Crippen LogP contribution in [-0.4, -0.2) is 5.38 Å². The first-order valence-electron chi connectivity index (χ1n) is 6.12. The maximum Gasteiger partial charge on any atom is 0.123 e. The summed E-state index contributed by atoms with van der Waals surface area (Å²) in [5.41, 5.74) is 1.11. The Morgan fingerprint density at radius 1 is 1.25 bits per heavy atom. The molecule has 2 rings (SSSR count). The van der Waals surface area contributed by atoms with Gasteiger partial charge in [0.25, 0.3) is 0 Å². The van der Waals surface area contributed by atoms with Crippen LogP contribution in [0, 0.1) is 11.7 Å². The van der Waals surface area contributed by atoms with Gasteiger partial charge in [-0.2, -0.15) is 0 Å². The van der Waals surface area contributed by atoms with Crippen LogP contribution in [0.4, 0.5) is 4.39 Å². The van der Waals surface area contributed by atoms with Crippen LogP contribution in [0.1, 0.15) is 37.7 Å². The zero-order chi connectivity index (χ0) is 11.4. The molecular weight excluding hydrogens is 223 g/mol. The molecule has 1 saturated carbocycles. The Balaban J connectivity index is 1.97. The van der Waals surface area contributed by atoms with Crippen LogP contribution in [0.25, 0.3) is 0 Å². The lowest BCUT2D eigenvalue weighted by Crippen LogP contribution is -2.08. The minimum atomic E-state index is -0.131. The molecule has 1 aromatic carbocycles. The number of alkyl halides is 1. The summed E-state index contributed by atoms with van der Waals surface area (Å²) in [6, 6.07) is 6.95. The molecule has 1 aliphatic carbocycles. The molecule has 88 valence electrons. The Bertz CT molecular complexity index is 337. The molecular formula is C14H18ClF. The van der Waals surface area contributed by atoms with Gasteiger partial charge >= 0.3 is 0 Å². The van der Waals surface area contributed by atoms with E-state index in [4.69, 9.17) is 11.6 Å². The van der Waals surface area contributed by atoms with Gasteiger partial charge in [0.2, 0.25) is 0 Å². The third-order valence-corrected chi connectivity index (χ3v) is 3.78. The average molecular weight is 241 g/mol. The molecule has 0 N–H and O–H groups in total. The number of halogens is 2. The van der Waals surface area contributed by atoms with E-state index in [1.807, 2.05) is 6.07 Å². The third kappa shape index (κ3) is 3.48. The molecule has 2 atom stereocenters. The van der Waals surface area contributed by atoms with Crippen molar-refractivity contribution in [3.8, 4) is 0 Å². The van der Waals surface area contributed by atoms with Crippen LogP contribution < -0.4 is 0 Å². The molecule has 16 heavy (non-hydrogen) atoms. The number of benzene rings is 1. The molecule has 0 radical (unpaired) electrons. The topological polar surface area (TPSA) is 0 Å². The fraction of sp³-hybridized carbons (Fsp3) is 0.571. The highest BCUT2D eigenvalue weighted by molar-refractivity contribution is 6.20. The number of hydrogen-bond donors (Lipinski definition) is 0. The second-order valence-electron chi connectivity index (χ2n) is 4.82. The Labute approximate surface area is 102 Å². The quantitative estimate of drug-likeness (QED) is 0.525. The van der Waals surface area contributed by atoms with E-state index < -0.39 is 0 Å². The summed E-state index contributed by atoms with van der Waals surface area (Å²) in [7, 11) is 0. The van der Waals surface area contributed by atoms with Gasteiger partial charge in [0.15, 0.2) is 0 Å². The van der Waals surface area contributed by atoms with Crippen molar-refractivity contribution in [2.45, 2.75) is 43.9 Å². The molecule has 2 heteroatoms. The molecule has 0 spiro atoms. The SMILES string of the molecule is Fc1cccc(CC2CCCCC(Cl)C2)c1. The van der Waals surface area contributed by atoms with Gasteiger partial charge in [0, 0.05) is 5.38 Å². The van der Waals surface area contributed by atoms with E-state index in [0.717, 1.165) is 24.8 Å². The molecule has 2 unspecified atom stereocenters. The zero-order valence-corrected chi connectivity index (χ0v) is 10.2. The molecule has 0 bridgehead atoms. The highest BCUT2D eigenvalue weighted by Crippen LogP contribution is 2.29. The summed E-state index contributed by atoms with van der Waals surface area (Å²) in [4.78, 5) is 0. The summed E-state index contributed by atoms with van der Waals surface area (Å²) in [6.45, 7) is 0. The molecule has 1 fully saturated rings. The van der Waals surface area contributed by atoms with E-state index in [-0.39, 0.29) is 5.82 Å². The molecule has 0 heterocycles. The fourth-order valence-electron chi connectivity index (χ4n) is 2.58. The standard InChI is InChI=1S/C14H18ClF/c15-13-6-2-1-4-11(9-13)8-12-5-3-7-14(16)10-12/h3,5,7,10-11,13H,1-2,4,6,8-9H2. The summed E-state index contributed by atoms with van der Waals surface area (Å²) >= 11 is 6.24. The van der Waals surface area contributed by atoms with Crippen LogP contribution >= 0.6 is 11.6 Å². The van der Waals surface area contributed by atoms with E-state index in [2.05, 4.69) is 0 Å². The van der Waals surface area contributed by atoms with Gasteiger partial charge in [-0.3, -0.25) is 0 Å². The van der Waals surface area contributed by atoms with E-state index >= 15 is 0 Å². The Morgan fingerprint density at radius 2 is 2.06 bits per heavy atom. The fourth-order valence-corrected chi connectivity index (χ4v) is 2.99. The summed E-state index contributed by atoms with van der Waals surface area (Å²) in [5, 5.41) is 0.320. The van der Waals surface area contributed by atoms with Gasteiger partial charge in [-0.15, -0.1) is 11.6 Å². The largest absolute Gasteiger partial charge is 0.207 e. The normalized spacial score (nSPS) is 26.4. The lowest BCUT2D eigenvalue weighted by atomic mass is 9.92. The van der Waals surface area contributed by atoms with Crippen molar-refractivity contribution < 1.29 is 4.39 Å². The molecule has 0 saturated heterocycles. The van der Waals surface area contributed by atoms with Gasteiger partial charge in [0.1, 0.15) is 5.82 Å². The monoisotopic (exact) mass is 240 g/mol. The van der Waals surface area contributed by atoms with Gasteiger partial charge in [-0.05, 0) is 42.9 Å². The number of hydrogen-bond acceptors (Lipinski definition) is 0. The lowest BCUT2D eigenvalue weighted by Gasteiger charge is -2.15. The van der Waals surface area contributed by atoms with Gasteiger partial charge < -0.3 is 0 Å². The van der Waals surface area contributed by atoms with E-state index in [1.165, 1.54) is 25.3 Å². The van der Waals surface area contributed by atoms with Crippen molar-refractivity contribution in [2.75, 3.05) is 0 Å². The Morgan fingerprint density at radius 3 is 2.88 bits per heavy atom. The Hall–Kier alpha value is -0.560. The first kappa shape index (κ1) is 11.9. The molecule has 1 aliphatic rings. The first-order chi connectivity index (χ1) is 7.74. The van der Waals surface area contributed by atoms with Crippen molar-refractivity contribution >= 4 is 11.6 Å². The molecule has 0 nitrogen and oxygen atoms in total.